The van der Waals surface area contributed by atoms with Crippen molar-refractivity contribution in [2.45, 2.75) is 39.3 Å². The molecule has 1 aromatic carbocycles. The van der Waals surface area contributed by atoms with Crippen LogP contribution >= 0.6 is 0 Å². The highest BCUT2D eigenvalue weighted by Gasteiger charge is 2.28. The van der Waals surface area contributed by atoms with Crippen molar-refractivity contribution in [3.8, 4) is 5.75 Å². The SMILES string of the molecule is COc1ccc(C[C@H](NC(C)=O)C(=O)N[C@H](C(=O)O)C(C)C)cc1. The van der Waals surface area contributed by atoms with Crippen LogP contribution in [-0.4, -0.2) is 42.1 Å². The van der Waals surface area contributed by atoms with Crippen molar-refractivity contribution in [3.05, 3.63) is 29.8 Å². The third-order valence-electron chi connectivity index (χ3n) is 3.52. The monoisotopic (exact) mass is 336 g/mol. The van der Waals surface area contributed by atoms with Gasteiger partial charge in [0.05, 0.1) is 7.11 Å². The summed E-state index contributed by atoms with van der Waals surface area (Å²) in [5, 5.41) is 14.2. The van der Waals surface area contributed by atoms with Crippen molar-refractivity contribution in [2.75, 3.05) is 7.11 Å². The number of carboxylic acids is 1. The Balaban J connectivity index is 2.88. The molecule has 0 aliphatic carbocycles. The predicted molar refractivity (Wildman–Crippen MR) is 88.7 cm³/mol. The second-order valence-corrected chi connectivity index (χ2v) is 5.87. The van der Waals surface area contributed by atoms with Gasteiger partial charge in [0.25, 0.3) is 0 Å². The van der Waals surface area contributed by atoms with E-state index in [1.165, 1.54) is 6.92 Å². The maximum absolute atomic E-state index is 12.4. The van der Waals surface area contributed by atoms with Gasteiger partial charge in [-0.05, 0) is 23.6 Å². The summed E-state index contributed by atoms with van der Waals surface area (Å²) in [5.41, 5.74) is 0.820. The van der Waals surface area contributed by atoms with Gasteiger partial charge >= 0.3 is 5.97 Å². The van der Waals surface area contributed by atoms with Crippen LogP contribution < -0.4 is 15.4 Å². The van der Waals surface area contributed by atoms with Crippen LogP contribution in [0.5, 0.6) is 5.75 Å². The van der Waals surface area contributed by atoms with E-state index in [0.29, 0.717) is 5.75 Å². The largest absolute Gasteiger partial charge is 0.497 e. The molecule has 24 heavy (non-hydrogen) atoms. The van der Waals surface area contributed by atoms with E-state index in [9.17, 15) is 19.5 Å². The molecule has 1 rings (SSSR count). The Hall–Kier alpha value is -2.57. The molecular weight excluding hydrogens is 312 g/mol. The molecule has 0 saturated heterocycles. The van der Waals surface area contributed by atoms with Crippen molar-refractivity contribution in [2.24, 2.45) is 5.92 Å². The fourth-order valence-electron chi connectivity index (χ4n) is 2.22. The molecular formula is C17H24N2O5. The minimum absolute atomic E-state index is 0.250. The van der Waals surface area contributed by atoms with Crippen molar-refractivity contribution in [3.63, 3.8) is 0 Å². The summed E-state index contributed by atoms with van der Waals surface area (Å²) in [5.74, 6) is -1.58. The van der Waals surface area contributed by atoms with Gasteiger partial charge in [0.15, 0.2) is 0 Å². The van der Waals surface area contributed by atoms with Gasteiger partial charge in [-0.1, -0.05) is 26.0 Å². The summed E-state index contributed by atoms with van der Waals surface area (Å²) in [6.45, 7) is 4.72. The van der Waals surface area contributed by atoms with Gasteiger partial charge in [0.2, 0.25) is 11.8 Å². The van der Waals surface area contributed by atoms with Crippen LogP contribution in [0.25, 0.3) is 0 Å². The Morgan fingerprint density at radius 1 is 1.12 bits per heavy atom. The van der Waals surface area contributed by atoms with E-state index in [1.54, 1.807) is 45.2 Å². The first kappa shape index (κ1) is 19.5. The summed E-state index contributed by atoms with van der Waals surface area (Å²) in [6.07, 6.45) is 0.250. The van der Waals surface area contributed by atoms with Crippen LogP contribution in [-0.2, 0) is 20.8 Å². The molecule has 0 aromatic heterocycles. The molecule has 0 aliphatic heterocycles. The number of hydrogen-bond acceptors (Lipinski definition) is 4. The van der Waals surface area contributed by atoms with Crippen molar-refractivity contribution in [1.82, 2.24) is 10.6 Å². The van der Waals surface area contributed by atoms with Crippen LogP contribution in [0.2, 0.25) is 0 Å². The lowest BCUT2D eigenvalue weighted by molar-refractivity contribution is -0.143. The minimum Gasteiger partial charge on any atom is -0.497 e. The Labute approximate surface area is 141 Å². The minimum atomic E-state index is -1.11. The molecule has 0 fully saturated rings. The van der Waals surface area contributed by atoms with Crippen LogP contribution in [0, 0.1) is 5.92 Å². The lowest BCUT2D eigenvalue weighted by atomic mass is 10.0. The normalized spacial score (nSPS) is 13.0. The average molecular weight is 336 g/mol. The number of hydrogen-bond donors (Lipinski definition) is 3. The number of nitrogens with one attached hydrogen (secondary N) is 2. The molecule has 7 heteroatoms. The molecule has 0 aliphatic rings. The van der Waals surface area contributed by atoms with E-state index in [0.717, 1.165) is 5.56 Å². The number of carbonyl (C=O) groups is 3. The molecule has 0 saturated carbocycles. The number of carbonyl (C=O) groups excluding carboxylic acids is 2. The number of aliphatic carboxylic acids is 1. The van der Waals surface area contributed by atoms with Crippen LogP contribution in [0.4, 0.5) is 0 Å². The highest BCUT2D eigenvalue weighted by Crippen LogP contribution is 2.13. The smallest absolute Gasteiger partial charge is 0.326 e. The first-order chi connectivity index (χ1) is 11.2. The molecule has 0 unspecified atom stereocenters. The Kier molecular flexibility index (Phi) is 7.23. The molecule has 7 nitrogen and oxygen atoms in total. The molecule has 2 atom stereocenters. The number of benzene rings is 1. The lowest BCUT2D eigenvalue weighted by Gasteiger charge is -2.23. The topological polar surface area (TPSA) is 105 Å². The van der Waals surface area contributed by atoms with Crippen molar-refractivity contribution >= 4 is 17.8 Å². The summed E-state index contributed by atoms with van der Waals surface area (Å²) < 4.78 is 5.08. The van der Waals surface area contributed by atoms with Gasteiger partial charge in [-0.25, -0.2) is 4.79 Å². The Bertz CT molecular complexity index is 583. The third kappa shape index (κ3) is 5.91. The first-order valence-electron chi connectivity index (χ1n) is 7.67. The maximum Gasteiger partial charge on any atom is 0.326 e. The van der Waals surface area contributed by atoms with Crippen LogP contribution in [0.1, 0.15) is 26.3 Å². The van der Waals surface area contributed by atoms with E-state index in [-0.39, 0.29) is 18.2 Å². The molecule has 132 valence electrons. The zero-order valence-electron chi connectivity index (χ0n) is 14.3. The fraction of sp³-hybridized carbons (Fsp3) is 0.471. The van der Waals surface area contributed by atoms with E-state index in [4.69, 9.17) is 4.74 Å². The van der Waals surface area contributed by atoms with Crippen LogP contribution in [0.3, 0.4) is 0 Å². The summed E-state index contributed by atoms with van der Waals surface area (Å²) in [4.78, 5) is 35.0. The van der Waals surface area contributed by atoms with Gasteiger partial charge in [-0.3, -0.25) is 9.59 Å². The molecule has 3 N–H and O–H groups in total. The van der Waals surface area contributed by atoms with E-state index in [2.05, 4.69) is 10.6 Å². The lowest BCUT2D eigenvalue weighted by Crippen LogP contribution is -2.53. The fourth-order valence-corrected chi connectivity index (χ4v) is 2.22. The number of methoxy groups -OCH3 is 1. The summed E-state index contributed by atoms with van der Waals surface area (Å²) >= 11 is 0. The second-order valence-electron chi connectivity index (χ2n) is 5.87. The zero-order valence-corrected chi connectivity index (χ0v) is 14.3. The van der Waals surface area contributed by atoms with Gasteiger partial charge in [-0.15, -0.1) is 0 Å². The van der Waals surface area contributed by atoms with Crippen molar-refractivity contribution in [1.29, 1.82) is 0 Å². The van der Waals surface area contributed by atoms with E-state index >= 15 is 0 Å². The van der Waals surface area contributed by atoms with Crippen molar-refractivity contribution < 1.29 is 24.2 Å². The highest BCUT2D eigenvalue weighted by atomic mass is 16.5. The van der Waals surface area contributed by atoms with Gasteiger partial charge in [-0.2, -0.15) is 0 Å². The van der Waals surface area contributed by atoms with Gasteiger partial charge < -0.3 is 20.5 Å². The maximum atomic E-state index is 12.4. The number of ether oxygens (including phenoxy) is 1. The predicted octanol–water partition coefficient (Wildman–Crippen LogP) is 0.968. The number of amides is 2. The quantitative estimate of drug-likeness (QED) is 0.656. The molecule has 2 amide bonds. The summed E-state index contributed by atoms with van der Waals surface area (Å²) in [7, 11) is 1.56. The molecule has 1 aromatic rings. The van der Waals surface area contributed by atoms with Gasteiger partial charge in [0, 0.05) is 13.3 Å². The van der Waals surface area contributed by atoms with E-state index in [1.807, 2.05) is 0 Å². The molecule has 0 radical (unpaired) electrons. The first-order valence-corrected chi connectivity index (χ1v) is 7.67. The Morgan fingerprint density at radius 2 is 1.71 bits per heavy atom. The third-order valence-corrected chi connectivity index (χ3v) is 3.52. The van der Waals surface area contributed by atoms with E-state index < -0.39 is 24.0 Å². The van der Waals surface area contributed by atoms with Crippen LogP contribution in [0.15, 0.2) is 24.3 Å². The average Bonchev–Trinajstić information content (AvgIpc) is 2.51. The number of carboxylic acid groups (broad SMARTS) is 1. The summed E-state index contributed by atoms with van der Waals surface area (Å²) in [6, 6.07) is 5.23. The zero-order chi connectivity index (χ0) is 18.3. The standard InChI is InChI=1S/C17H24N2O5/c1-10(2)15(17(22)23)19-16(21)14(18-11(3)20)9-12-5-7-13(24-4)8-6-12/h5-8,10,14-15H,9H2,1-4H3,(H,18,20)(H,19,21)(H,22,23)/t14-,15-/m0/s1. The molecule has 0 heterocycles. The second kappa shape index (κ2) is 8.90. The molecule has 0 bridgehead atoms. The number of rotatable bonds is 8. The molecule has 0 spiro atoms. The Morgan fingerprint density at radius 3 is 2.12 bits per heavy atom. The van der Waals surface area contributed by atoms with Gasteiger partial charge in [0.1, 0.15) is 17.8 Å². The highest BCUT2D eigenvalue weighted by molar-refractivity contribution is 5.90.